The summed E-state index contributed by atoms with van der Waals surface area (Å²) < 4.78 is 38.9. The van der Waals surface area contributed by atoms with Crippen LogP contribution in [0.1, 0.15) is 29.9 Å². The number of nitrogens with zero attached hydrogens (tertiary/aromatic N) is 2. The van der Waals surface area contributed by atoms with Gasteiger partial charge in [0.15, 0.2) is 0 Å². The largest absolute Gasteiger partial charge is 0.497 e. The first-order chi connectivity index (χ1) is 16.5. The van der Waals surface area contributed by atoms with Crippen molar-refractivity contribution in [2.45, 2.75) is 35.7 Å². The topological polar surface area (TPSA) is 79.3 Å². The first kappa shape index (κ1) is 24.7. The minimum Gasteiger partial charge on any atom is -0.497 e. The molecular weight excluding hydrogens is 452 g/mol. The first-order valence-corrected chi connectivity index (χ1v) is 13.0. The Morgan fingerprint density at radius 3 is 2.56 bits per heavy atom. The third kappa shape index (κ3) is 4.99. The van der Waals surface area contributed by atoms with Gasteiger partial charge in [0, 0.05) is 49.8 Å². The summed E-state index contributed by atoms with van der Waals surface area (Å²) in [4.78, 5) is 2.51. The molecule has 0 radical (unpaired) electrons. The van der Waals surface area contributed by atoms with Crippen LogP contribution in [0.25, 0.3) is 0 Å². The van der Waals surface area contributed by atoms with E-state index in [0.717, 1.165) is 30.5 Å². The van der Waals surface area contributed by atoms with Crippen LogP contribution in [0.2, 0.25) is 0 Å². The summed E-state index contributed by atoms with van der Waals surface area (Å²) in [6.07, 6.45) is 1.67. The van der Waals surface area contributed by atoms with Gasteiger partial charge in [0.25, 0.3) is 0 Å². The summed E-state index contributed by atoms with van der Waals surface area (Å²) in [6.45, 7) is 2.15. The Morgan fingerprint density at radius 1 is 1.09 bits per heavy atom. The van der Waals surface area contributed by atoms with Gasteiger partial charge in [-0.15, -0.1) is 0 Å². The fraction of sp³-hybridized carbons (Fsp3) is 0.462. The van der Waals surface area contributed by atoms with E-state index in [2.05, 4.69) is 16.7 Å². The van der Waals surface area contributed by atoms with Crippen molar-refractivity contribution in [1.29, 1.82) is 0 Å². The normalized spacial score (nSPS) is 23.6. The Hall–Kier alpha value is -2.41. The molecule has 0 amide bonds. The van der Waals surface area contributed by atoms with Gasteiger partial charge < -0.3 is 14.6 Å². The maximum atomic E-state index is 13.5. The zero-order valence-corrected chi connectivity index (χ0v) is 20.5. The average molecular weight is 485 g/mol. The fourth-order valence-corrected chi connectivity index (χ4v) is 6.57. The molecule has 0 spiro atoms. The molecule has 2 aromatic rings. The first-order valence-electron chi connectivity index (χ1n) is 11.6. The standard InChI is InChI=1S/C26H32N2O5S/c1-32-16-6-7-20-10-12-21(13-11-20)26-24-18-27(14-3-4-15-28(24)25(26)19-29)34(30,31)23-9-5-8-22(17-23)33-2/h5,8-13,17,24-26,29H,3-4,14-16,18-19H2,1-2H3/t24-,25+,26+/m1/s1. The van der Waals surface area contributed by atoms with Gasteiger partial charge in [0.2, 0.25) is 10.0 Å². The van der Waals surface area contributed by atoms with E-state index in [0.29, 0.717) is 25.4 Å². The molecule has 2 fully saturated rings. The number of rotatable bonds is 6. The minimum atomic E-state index is -3.67. The van der Waals surface area contributed by atoms with Gasteiger partial charge in [0.05, 0.1) is 18.6 Å². The van der Waals surface area contributed by atoms with Crippen molar-refractivity contribution in [3.05, 3.63) is 59.7 Å². The maximum Gasteiger partial charge on any atom is 0.243 e. The van der Waals surface area contributed by atoms with E-state index in [-0.39, 0.29) is 29.5 Å². The molecule has 2 heterocycles. The highest BCUT2D eigenvalue weighted by molar-refractivity contribution is 7.89. The van der Waals surface area contributed by atoms with Crippen LogP contribution in [0.4, 0.5) is 0 Å². The van der Waals surface area contributed by atoms with E-state index < -0.39 is 10.0 Å². The van der Waals surface area contributed by atoms with Crippen LogP contribution in [0.15, 0.2) is 53.4 Å². The molecular formula is C26H32N2O5S. The number of aliphatic hydroxyl groups is 1. The molecule has 0 aliphatic carbocycles. The molecule has 3 atom stereocenters. The highest BCUT2D eigenvalue weighted by atomic mass is 32.2. The summed E-state index contributed by atoms with van der Waals surface area (Å²) in [7, 11) is -0.529. The number of benzene rings is 2. The maximum absolute atomic E-state index is 13.5. The van der Waals surface area contributed by atoms with E-state index in [1.165, 1.54) is 7.11 Å². The molecule has 34 heavy (non-hydrogen) atoms. The SMILES string of the molecule is COCC#Cc1ccc([C@H]2[C@H]3CN(S(=O)(=O)c4cccc(OC)c4)CCCCN3[C@H]2CO)cc1. The molecule has 0 aromatic heterocycles. The minimum absolute atomic E-state index is 0.00302. The summed E-state index contributed by atoms with van der Waals surface area (Å²) in [5.74, 6) is 6.59. The molecule has 7 nitrogen and oxygen atoms in total. The molecule has 0 saturated carbocycles. The van der Waals surface area contributed by atoms with Gasteiger partial charge in [-0.2, -0.15) is 4.31 Å². The van der Waals surface area contributed by atoms with Crippen LogP contribution < -0.4 is 4.74 Å². The molecule has 2 aromatic carbocycles. The van der Waals surface area contributed by atoms with Crippen LogP contribution in [0, 0.1) is 11.8 Å². The Balaban J connectivity index is 1.59. The Kier molecular flexibility index (Phi) is 7.91. The number of hydrogen-bond donors (Lipinski definition) is 1. The zero-order valence-electron chi connectivity index (χ0n) is 19.7. The monoisotopic (exact) mass is 484 g/mol. The molecule has 182 valence electrons. The van der Waals surface area contributed by atoms with Gasteiger partial charge in [-0.05, 0) is 49.2 Å². The Labute approximate surface area is 202 Å². The van der Waals surface area contributed by atoms with Gasteiger partial charge in [-0.3, -0.25) is 4.90 Å². The Bertz CT molecular complexity index is 1140. The summed E-state index contributed by atoms with van der Waals surface area (Å²) in [5.41, 5.74) is 1.99. The number of ether oxygens (including phenoxy) is 2. The molecule has 8 heteroatoms. The van der Waals surface area contributed by atoms with Crippen molar-refractivity contribution < 1.29 is 23.0 Å². The quantitative estimate of drug-likeness (QED) is 0.634. The van der Waals surface area contributed by atoms with E-state index in [9.17, 15) is 13.5 Å². The molecule has 2 aliphatic rings. The van der Waals surface area contributed by atoms with Crippen molar-refractivity contribution >= 4 is 10.0 Å². The van der Waals surface area contributed by atoms with Crippen LogP contribution in [-0.4, -0.2) is 81.9 Å². The van der Waals surface area contributed by atoms with Crippen LogP contribution in [-0.2, 0) is 14.8 Å². The molecule has 1 N–H and O–H groups in total. The predicted octanol–water partition coefficient (Wildman–Crippen LogP) is 2.31. The lowest BCUT2D eigenvalue weighted by Crippen LogP contribution is -2.67. The summed E-state index contributed by atoms with van der Waals surface area (Å²) in [6, 6.07) is 14.7. The lowest BCUT2D eigenvalue weighted by Gasteiger charge is -2.57. The second kappa shape index (κ2) is 10.9. The van der Waals surface area contributed by atoms with Crippen molar-refractivity contribution in [1.82, 2.24) is 9.21 Å². The third-order valence-electron chi connectivity index (χ3n) is 6.76. The van der Waals surface area contributed by atoms with Crippen molar-refractivity contribution in [3.8, 4) is 17.6 Å². The van der Waals surface area contributed by atoms with E-state index in [1.807, 2.05) is 24.3 Å². The Morgan fingerprint density at radius 2 is 1.85 bits per heavy atom. The zero-order chi connectivity index (χ0) is 24.1. The smallest absolute Gasteiger partial charge is 0.243 e. The molecule has 4 rings (SSSR count). The van der Waals surface area contributed by atoms with Gasteiger partial charge >= 0.3 is 0 Å². The number of hydrogen-bond acceptors (Lipinski definition) is 6. The van der Waals surface area contributed by atoms with Gasteiger partial charge in [0.1, 0.15) is 12.4 Å². The number of methoxy groups -OCH3 is 2. The van der Waals surface area contributed by atoms with Gasteiger partial charge in [-0.1, -0.05) is 30.0 Å². The third-order valence-corrected chi connectivity index (χ3v) is 8.62. The fourth-order valence-electron chi connectivity index (χ4n) is 5.04. The molecule has 0 unspecified atom stereocenters. The lowest BCUT2D eigenvalue weighted by molar-refractivity contribution is -0.0553. The molecule has 2 aliphatic heterocycles. The van der Waals surface area contributed by atoms with Crippen molar-refractivity contribution in [2.75, 3.05) is 47.1 Å². The summed E-state index contributed by atoms with van der Waals surface area (Å²) >= 11 is 0. The lowest BCUT2D eigenvalue weighted by atomic mass is 9.74. The van der Waals surface area contributed by atoms with Gasteiger partial charge in [-0.25, -0.2) is 8.42 Å². The number of aliphatic hydroxyl groups excluding tert-OH is 1. The number of fused-ring (bicyclic) bond motifs is 1. The van der Waals surface area contributed by atoms with E-state index in [1.54, 1.807) is 35.7 Å². The van der Waals surface area contributed by atoms with Crippen molar-refractivity contribution in [3.63, 3.8) is 0 Å². The second-order valence-corrected chi connectivity index (χ2v) is 10.6. The predicted molar refractivity (Wildman–Crippen MR) is 130 cm³/mol. The van der Waals surface area contributed by atoms with Crippen LogP contribution in [0.3, 0.4) is 0 Å². The highest BCUT2D eigenvalue weighted by Crippen LogP contribution is 2.42. The highest BCUT2D eigenvalue weighted by Gasteiger charge is 2.50. The molecule has 0 bridgehead atoms. The van der Waals surface area contributed by atoms with E-state index in [4.69, 9.17) is 9.47 Å². The second-order valence-electron chi connectivity index (χ2n) is 8.69. The van der Waals surface area contributed by atoms with Crippen molar-refractivity contribution in [2.24, 2.45) is 0 Å². The van der Waals surface area contributed by atoms with Crippen LogP contribution in [0.5, 0.6) is 5.75 Å². The van der Waals surface area contributed by atoms with Crippen LogP contribution >= 0.6 is 0 Å². The average Bonchev–Trinajstić information content (AvgIpc) is 2.84. The number of sulfonamides is 1. The van der Waals surface area contributed by atoms with E-state index >= 15 is 0 Å². The molecule has 2 saturated heterocycles. The summed E-state index contributed by atoms with van der Waals surface area (Å²) in [5, 5.41) is 10.2.